The SMILES string of the molecule is CC(O)c1ccc(S(=O)(=O)Cl)cc1. The highest BCUT2D eigenvalue weighted by molar-refractivity contribution is 8.13. The van der Waals surface area contributed by atoms with E-state index in [0.717, 1.165) is 0 Å². The van der Waals surface area contributed by atoms with E-state index in [1.54, 1.807) is 6.92 Å². The zero-order valence-electron chi connectivity index (χ0n) is 6.94. The van der Waals surface area contributed by atoms with Crippen molar-refractivity contribution in [1.29, 1.82) is 0 Å². The Morgan fingerprint density at radius 1 is 1.31 bits per heavy atom. The van der Waals surface area contributed by atoms with Crippen LogP contribution in [0, 0.1) is 0 Å². The number of hydrogen-bond donors (Lipinski definition) is 1. The summed E-state index contributed by atoms with van der Waals surface area (Å²) in [6.45, 7) is 1.60. The molecule has 5 heteroatoms. The van der Waals surface area contributed by atoms with Crippen LogP contribution >= 0.6 is 10.7 Å². The summed E-state index contributed by atoms with van der Waals surface area (Å²) in [5.41, 5.74) is 0.657. The van der Waals surface area contributed by atoms with Gasteiger partial charge in [0.1, 0.15) is 0 Å². The Labute approximate surface area is 81.4 Å². The van der Waals surface area contributed by atoms with Gasteiger partial charge in [-0.15, -0.1) is 0 Å². The van der Waals surface area contributed by atoms with Gasteiger partial charge in [-0.2, -0.15) is 0 Å². The molecule has 1 atom stereocenters. The molecule has 13 heavy (non-hydrogen) atoms. The van der Waals surface area contributed by atoms with Crippen molar-refractivity contribution in [1.82, 2.24) is 0 Å². The number of benzene rings is 1. The lowest BCUT2D eigenvalue weighted by Gasteiger charge is -2.03. The van der Waals surface area contributed by atoms with Gasteiger partial charge in [-0.05, 0) is 24.6 Å². The molecule has 72 valence electrons. The first-order valence-electron chi connectivity index (χ1n) is 3.64. The third-order valence-electron chi connectivity index (χ3n) is 1.64. The average Bonchev–Trinajstić information content (AvgIpc) is 2.03. The topological polar surface area (TPSA) is 54.4 Å². The lowest BCUT2D eigenvalue weighted by molar-refractivity contribution is 0.199. The molecule has 0 aliphatic rings. The molecule has 0 heterocycles. The summed E-state index contributed by atoms with van der Waals surface area (Å²) >= 11 is 0. The zero-order valence-corrected chi connectivity index (χ0v) is 8.51. The number of halogens is 1. The van der Waals surface area contributed by atoms with Gasteiger partial charge in [0.2, 0.25) is 0 Å². The third-order valence-corrected chi connectivity index (χ3v) is 3.01. The zero-order chi connectivity index (χ0) is 10.1. The van der Waals surface area contributed by atoms with Crippen molar-refractivity contribution in [3.05, 3.63) is 29.8 Å². The van der Waals surface area contributed by atoms with Gasteiger partial charge in [0.05, 0.1) is 11.0 Å². The molecule has 0 amide bonds. The van der Waals surface area contributed by atoms with Gasteiger partial charge in [0.15, 0.2) is 0 Å². The van der Waals surface area contributed by atoms with E-state index in [0.29, 0.717) is 5.56 Å². The van der Waals surface area contributed by atoms with Crippen LogP contribution in [0.3, 0.4) is 0 Å². The largest absolute Gasteiger partial charge is 0.389 e. The molecular formula is C8H9ClO3S. The molecule has 0 fully saturated rings. The second-order valence-corrected chi connectivity index (χ2v) is 5.25. The standard InChI is InChI=1S/C8H9ClO3S/c1-6(10)7-2-4-8(5-3-7)13(9,11)12/h2-6,10H,1H3. The lowest BCUT2D eigenvalue weighted by Crippen LogP contribution is -1.93. The van der Waals surface area contributed by atoms with Crippen molar-refractivity contribution in [2.45, 2.75) is 17.9 Å². The van der Waals surface area contributed by atoms with Gasteiger partial charge in [-0.3, -0.25) is 0 Å². The summed E-state index contributed by atoms with van der Waals surface area (Å²) in [4.78, 5) is 0.0403. The van der Waals surface area contributed by atoms with Crippen molar-refractivity contribution < 1.29 is 13.5 Å². The fourth-order valence-electron chi connectivity index (χ4n) is 0.909. The first-order chi connectivity index (χ1) is 5.91. The first kappa shape index (κ1) is 10.5. The molecule has 3 nitrogen and oxygen atoms in total. The highest BCUT2D eigenvalue weighted by atomic mass is 35.7. The van der Waals surface area contributed by atoms with Crippen molar-refractivity contribution in [2.75, 3.05) is 0 Å². The summed E-state index contributed by atoms with van der Waals surface area (Å²) in [5.74, 6) is 0. The molecule has 0 bridgehead atoms. The van der Waals surface area contributed by atoms with E-state index in [-0.39, 0.29) is 4.90 Å². The van der Waals surface area contributed by atoms with Crippen molar-refractivity contribution >= 4 is 19.7 Å². The monoisotopic (exact) mass is 220 g/mol. The maximum absolute atomic E-state index is 10.8. The van der Waals surface area contributed by atoms with Crippen LogP contribution in [-0.2, 0) is 9.05 Å². The quantitative estimate of drug-likeness (QED) is 0.772. The maximum atomic E-state index is 10.8. The minimum atomic E-state index is -3.65. The lowest BCUT2D eigenvalue weighted by atomic mass is 10.1. The van der Waals surface area contributed by atoms with E-state index in [1.165, 1.54) is 24.3 Å². The summed E-state index contributed by atoms with van der Waals surface area (Å²) in [7, 11) is 1.45. The van der Waals surface area contributed by atoms with E-state index < -0.39 is 15.2 Å². The maximum Gasteiger partial charge on any atom is 0.261 e. The molecule has 0 aliphatic carbocycles. The number of hydrogen-bond acceptors (Lipinski definition) is 3. The molecule has 1 aromatic carbocycles. The number of aliphatic hydroxyl groups excluding tert-OH is 1. The van der Waals surface area contributed by atoms with E-state index in [1.807, 2.05) is 0 Å². The van der Waals surface area contributed by atoms with Crippen LogP contribution in [0.25, 0.3) is 0 Å². The molecule has 0 radical (unpaired) electrons. The molecular weight excluding hydrogens is 212 g/mol. The summed E-state index contributed by atoms with van der Waals surface area (Å²) in [5, 5.41) is 9.13. The Morgan fingerprint density at radius 3 is 2.08 bits per heavy atom. The summed E-state index contributed by atoms with van der Waals surface area (Å²) in [6.07, 6.45) is -0.605. The Hall–Kier alpha value is -0.580. The van der Waals surface area contributed by atoms with Crippen LogP contribution in [0.5, 0.6) is 0 Å². The van der Waals surface area contributed by atoms with Crippen molar-refractivity contribution in [2.24, 2.45) is 0 Å². The van der Waals surface area contributed by atoms with Gasteiger partial charge in [-0.25, -0.2) is 8.42 Å². The van der Waals surface area contributed by atoms with E-state index in [9.17, 15) is 8.42 Å². The second kappa shape index (κ2) is 3.65. The minimum absolute atomic E-state index is 0.0403. The van der Waals surface area contributed by atoms with Gasteiger partial charge in [0, 0.05) is 10.7 Å². The second-order valence-electron chi connectivity index (χ2n) is 2.68. The number of rotatable bonds is 2. The molecule has 1 N–H and O–H groups in total. The van der Waals surface area contributed by atoms with Crippen LogP contribution in [0.1, 0.15) is 18.6 Å². The third kappa shape index (κ3) is 2.69. The van der Waals surface area contributed by atoms with Crippen LogP contribution in [-0.4, -0.2) is 13.5 Å². The summed E-state index contributed by atoms with van der Waals surface area (Å²) < 4.78 is 21.6. The molecule has 0 saturated heterocycles. The first-order valence-corrected chi connectivity index (χ1v) is 5.95. The normalized spacial score (nSPS) is 14.1. The van der Waals surface area contributed by atoms with Gasteiger partial charge >= 0.3 is 0 Å². The smallest absolute Gasteiger partial charge is 0.261 e. The fraction of sp³-hybridized carbons (Fsp3) is 0.250. The van der Waals surface area contributed by atoms with Crippen LogP contribution in [0.4, 0.5) is 0 Å². The average molecular weight is 221 g/mol. The molecule has 0 saturated carbocycles. The molecule has 1 aromatic rings. The van der Waals surface area contributed by atoms with Crippen LogP contribution in [0.15, 0.2) is 29.2 Å². The van der Waals surface area contributed by atoms with Crippen molar-refractivity contribution in [3.63, 3.8) is 0 Å². The Morgan fingerprint density at radius 2 is 1.77 bits per heavy atom. The Bertz CT molecular complexity index is 380. The number of aliphatic hydroxyl groups is 1. The molecule has 0 spiro atoms. The Kier molecular flexibility index (Phi) is 2.95. The van der Waals surface area contributed by atoms with Crippen molar-refractivity contribution in [3.8, 4) is 0 Å². The van der Waals surface area contributed by atoms with Crippen LogP contribution in [0.2, 0.25) is 0 Å². The van der Waals surface area contributed by atoms with Gasteiger partial charge in [0.25, 0.3) is 9.05 Å². The highest BCUT2D eigenvalue weighted by Crippen LogP contribution is 2.18. The summed E-state index contributed by atoms with van der Waals surface area (Å²) in [6, 6.07) is 5.79. The van der Waals surface area contributed by atoms with Crippen LogP contribution < -0.4 is 0 Å². The molecule has 0 aromatic heterocycles. The predicted molar refractivity (Wildman–Crippen MR) is 50.1 cm³/mol. The molecule has 0 aliphatic heterocycles. The van der Waals surface area contributed by atoms with E-state index in [2.05, 4.69) is 0 Å². The highest BCUT2D eigenvalue weighted by Gasteiger charge is 2.09. The fourth-order valence-corrected chi connectivity index (χ4v) is 1.68. The van der Waals surface area contributed by atoms with E-state index in [4.69, 9.17) is 15.8 Å². The minimum Gasteiger partial charge on any atom is -0.389 e. The van der Waals surface area contributed by atoms with E-state index >= 15 is 0 Å². The van der Waals surface area contributed by atoms with Gasteiger partial charge in [-0.1, -0.05) is 12.1 Å². The predicted octanol–water partition coefficient (Wildman–Crippen LogP) is 1.67. The molecule has 1 unspecified atom stereocenters. The van der Waals surface area contributed by atoms with Gasteiger partial charge < -0.3 is 5.11 Å². The molecule has 1 rings (SSSR count). The Balaban J connectivity index is 3.08.